The van der Waals surface area contributed by atoms with Crippen LogP contribution in [0.25, 0.3) is 5.82 Å². The Morgan fingerprint density at radius 3 is 2.84 bits per heavy atom. The molecule has 0 saturated carbocycles. The summed E-state index contributed by atoms with van der Waals surface area (Å²) in [5, 5.41) is 6.87. The van der Waals surface area contributed by atoms with Gasteiger partial charge in [0.15, 0.2) is 5.82 Å². The Morgan fingerprint density at radius 1 is 1.42 bits per heavy atom. The molecule has 0 aromatic carbocycles. The summed E-state index contributed by atoms with van der Waals surface area (Å²) in [6.45, 7) is 4.54. The van der Waals surface area contributed by atoms with Crippen molar-refractivity contribution in [3.8, 4) is 5.82 Å². The number of carbonyl (C=O) groups is 1. The first kappa shape index (κ1) is 13.2. The van der Waals surface area contributed by atoms with Crippen LogP contribution in [0.1, 0.15) is 25.8 Å². The second-order valence-electron chi connectivity index (χ2n) is 4.74. The van der Waals surface area contributed by atoms with Gasteiger partial charge in [0.2, 0.25) is 5.91 Å². The lowest BCUT2D eigenvalue weighted by Gasteiger charge is -2.07. The van der Waals surface area contributed by atoms with E-state index in [9.17, 15) is 4.79 Å². The standard InChI is InChI=1S/C13H17N5O/c1-10(2)5-13(19)16-7-11-3-4-12(15-6-11)18-9-14-8-17-18/h3-4,6,8-10H,5,7H2,1-2H3,(H,16,19). The van der Waals surface area contributed by atoms with Gasteiger partial charge in [-0.05, 0) is 17.5 Å². The smallest absolute Gasteiger partial charge is 0.220 e. The van der Waals surface area contributed by atoms with Crippen LogP contribution in [-0.4, -0.2) is 25.7 Å². The summed E-state index contributed by atoms with van der Waals surface area (Å²) in [5.74, 6) is 1.14. The predicted octanol–water partition coefficient (Wildman–Crippen LogP) is 1.32. The van der Waals surface area contributed by atoms with E-state index >= 15 is 0 Å². The molecule has 0 aliphatic rings. The summed E-state index contributed by atoms with van der Waals surface area (Å²) in [6, 6.07) is 3.76. The van der Waals surface area contributed by atoms with Gasteiger partial charge < -0.3 is 5.32 Å². The van der Waals surface area contributed by atoms with Crippen molar-refractivity contribution in [2.24, 2.45) is 5.92 Å². The van der Waals surface area contributed by atoms with Crippen LogP contribution in [0.5, 0.6) is 0 Å². The van der Waals surface area contributed by atoms with Crippen LogP contribution >= 0.6 is 0 Å². The number of carbonyl (C=O) groups excluding carboxylic acids is 1. The molecule has 2 rings (SSSR count). The average molecular weight is 259 g/mol. The Labute approximate surface area is 111 Å². The molecule has 6 nitrogen and oxygen atoms in total. The first-order valence-electron chi connectivity index (χ1n) is 6.22. The van der Waals surface area contributed by atoms with Crippen molar-refractivity contribution >= 4 is 5.91 Å². The highest BCUT2D eigenvalue weighted by atomic mass is 16.1. The maximum atomic E-state index is 11.5. The molecule has 0 aliphatic carbocycles. The number of nitrogens with zero attached hydrogens (tertiary/aromatic N) is 4. The molecule has 2 aromatic rings. The van der Waals surface area contributed by atoms with Crippen LogP contribution in [0.4, 0.5) is 0 Å². The molecule has 0 atom stereocenters. The van der Waals surface area contributed by atoms with Gasteiger partial charge in [0.05, 0.1) is 0 Å². The fourth-order valence-electron chi connectivity index (χ4n) is 1.63. The second kappa shape index (κ2) is 6.08. The van der Waals surface area contributed by atoms with Gasteiger partial charge >= 0.3 is 0 Å². The molecule has 1 amide bonds. The minimum absolute atomic E-state index is 0.0651. The Kier molecular flexibility index (Phi) is 4.22. The van der Waals surface area contributed by atoms with E-state index in [1.165, 1.54) is 6.33 Å². The highest BCUT2D eigenvalue weighted by Gasteiger charge is 2.05. The van der Waals surface area contributed by atoms with E-state index in [0.29, 0.717) is 24.7 Å². The minimum atomic E-state index is 0.0651. The molecule has 19 heavy (non-hydrogen) atoms. The summed E-state index contributed by atoms with van der Waals surface area (Å²) in [4.78, 5) is 19.7. The van der Waals surface area contributed by atoms with Gasteiger partial charge in [0.1, 0.15) is 12.7 Å². The number of hydrogen-bond donors (Lipinski definition) is 1. The van der Waals surface area contributed by atoms with Crippen molar-refractivity contribution in [1.82, 2.24) is 25.1 Å². The monoisotopic (exact) mass is 259 g/mol. The number of rotatable bonds is 5. The van der Waals surface area contributed by atoms with Crippen LogP contribution < -0.4 is 5.32 Å². The van der Waals surface area contributed by atoms with Crippen LogP contribution in [0.3, 0.4) is 0 Å². The third kappa shape index (κ3) is 3.87. The number of amides is 1. The molecule has 0 saturated heterocycles. The molecule has 1 N–H and O–H groups in total. The van der Waals surface area contributed by atoms with Crippen molar-refractivity contribution in [3.05, 3.63) is 36.5 Å². The highest BCUT2D eigenvalue weighted by Crippen LogP contribution is 2.04. The van der Waals surface area contributed by atoms with Gasteiger partial charge in [-0.15, -0.1) is 0 Å². The maximum Gasteiger partial charge on any atom is 0.220 e. The lowest BCUT2D eigenvalue weighted by atomic mass is 10.1. The predicted molar refractivity (Wildman–Crippen MR) is 70.5 cm³/mol. The lowest BCUT2D eigenvalue weighted by Crippen LogP contribution is -2.23. The molecule has 0 radical (unpaired) electrons. The molecule has 2 heterocycles. The third-order valence-electron chi connectivity index (χ3n) is 2.55. The third-order valence-corrected chi connectivity index (χ3v) is 2.55. The van der Waals surface area contributed by atoms with E-state index in [1.807, 2.05) is 26.0 Å². The summed E-state index contributed by atoms with van der Waals surface area (Å²) < 4.78 is 1.58. The topological polar surface area (TPSA) is 72.7 Å². The summed E-state index contributed by atoms with van der Waals surface area (Å²) >= 11 is 0. The molecule has 0 bridgehead atoms. The lowest BCUT2D eigenvalue weighted by molar-refractivity contribution is -0.121. The first-order valence-corrected chi connectivity index (χ1v) is 6.22. The number of aromatic nitrogens is 4. The Hall–Kier alpha value is -2.24. The molecular weight excluding hydrogens is 242 g/mol. The molecule has 2 aromatic heterocycles. The van der Waals surface area contributed by atoms with Crippen molar-refractivity contribution in [2.45, 2.75) is 26.8 Å². The fraction of sp³-hybridized carbons (Fsp3) is 0.385. The Morgan fingerprint density at radius 2 is 2.26 bits per heavy atom. The van der Waals surface area contributed by atoms with Gasteiger partial charge in [0.25, 0.3) is 0 Å². The summed E-state index contributed by atoms with van der Waals surface area (Å²) in [6.07, 6.45) is 5.32. The van der Waals surface area contributed by atoms with Crippen LogP contribution in [0.2, 0.25) is 0 Å². The molecule has 0 unspecified atom stereocenters. The molecule has 0 aliphatic heterocycles. The molecule has 6 heteroatoms. The van der Waals surface area contributed by atoms with E-state index in [1.54, 1.807) is 17.2 Å². The fourth-order valence-corrected chi connectivity index (χ4v) is 1.63. The number of pyridine rings is 1. The Balaban J connectivity index is 1.91. The zero-order valence-electron chi connectivity index (χ0n) is 11.1. The van der Waals surface area contributed by atoms with Gasteiger partial charge in [-0.1, -0.05) is 19.9 Å². The molecule has 100 valence electrons. The van der Waals surface area contributed by atoms with E-state index in [0.717, 1.165) is 5.56 Å². The molecule has 0 spiro atoms. The maximum absolute atomic E-state index is 11.5. The van der Waals surface area contributed by atoms with Gasteiger partial charge in [0, 0.05) is 19.2 Å². The second-order valence-corrected chi connectivity index (χ2v) is 4.74. The van der Waals surface area contributed by atoms with E-state index in [2.05, 4.69) is 20.4 Å². The van der Waals surface area contributed by atoms with E-state index < -0.39 is 0 Å². The number of nitrogens with one attached hydrogen (secondary N) is 1. The molecular formula is C13H17N5O. The van der Waals surface area contributed by atoms with Crippen LogP contribution in [0.15, 0.2) is 31.0 Å². The highest BCUT2D eigenvalue weighted by molar-refractivity contribution is 5.76. The minimum Gasteiger partial charge on any atom is -0.352 e. The summed E-state index contributed by atoms with van der Waals surface area (Å²) in [5.41, 5.74) is 0.959. The van der Waals surface area contributed by atoms with Crippen LogP contribution in [-0.2, 0) is 11.3 Å². The zero-order chi connectivity index (χ0) is 13.7. The summed E-state index contributed by atoms with van der Waals surface area (Å²) in [7, 11) is 0. The van der Waals surface area contributed by atoms with Gasteiger partial charge in [-0.2, -0.15) is 5.10 Å². The van der Waals surface area contributed by atoms with Gasteiger partial charge in [-0.3, -0.25) is 4.79 Å². The SMILES string of the molecule is CC(C)CC(=O)NCc1ccc(-n2cncn2)nc1. The van der Waals surface area contributed by atoms with Crippen molar-refractivity contribution in [2.75, 3.05) is 0 Å². The quantitative estimate of drug-likeness (QED) is 0.879. The normalized spacial score (nSPS) is 10.7. The van der Waals surface area contributed by atoms with Crippen molar-refractivity contribution < 1.29 is 4.79 Å². The van der Waals surface area contributed by atoms with Crippen LogP contribution in [0, 0.1) is 5.92 Å². The van der Waals surface area contributed by atoms with E-state index in [4.69, 9.17) is 0 Å². The Bertz CT molecular complexity index is 518. The molecule has 0 fully saturated rings. The zero-order valence-corrected chi connectivity index (χ0v) is 11.1. The van der Waals surface area contributed by atoms with Crippen molar-refractivity contribution in [1.29, 1.82) is 0 Å². The first-order chi connectivity index (χ1) is 9.15. The van der Waals surface area contributed by atoms with Crippen molar-refractivity contribution in [3.63, 3.8) is 0 Å². The van der Waals surface area contributed by atoms with E-state index in [-0.39, 0.29) is 5.91 Å². The number of hydrogen-bond acceptors (Lipinski definition) is 4. The van der Waals surface area contributed by atoms with Gasteiger partial charge in [-0.25, -0.2) is 14.6 Å². The largest absolute Gasteiger partial charge is 0.352 e. The average Bonchev–Trinajstić information content (AvgIpc) is 2.90.